The monoisotopic (exact) mass is 255 g/mol. The summed E-state index contributed by atoms with van der Waals surface area (Å²) in [6.07, 6.45) is 1.82. The van der Waals surface area contributed by atoms with Gasteiger partial charge < -0.3 is 15.0 Å². The van der Waals surface area contributed by atoms with Gasteiger partial charge in [-0.1, -0.05) is 0 Å². The predicted octanol–water partition coefficient (Wildman–Crippen LogP) is 1.66. The summed E-state index contributed by atoms with van der Waals surface area (Å²) in [5.41, 5.74) is -0.583. The lowest BCUT2D eigenvalue weighted by Crippen LogP contribution is -2.54. The number of nitrogens with one attached hydrogen (secondary N) is 1. The molecule has 0 aromatic carbocycles. The van der Waals surface area contributed by atoms with Crippen LogP contribution in [0.1, 0.15) is 47.8 Å². The van der Waals surface area contributed by atoms with Crippen molar-refractivity contribution in [3.63, 3.8) is 0 Å². The third-order valence-corrected chi connectivity index (χ3v) is 3.24. The summed E-state index contributed by atoms with van der Waals surface area (Å²) in [7, 11) is 0. The van der Waals surface area contributed by atoms with Gasteiger partial charge in [-0.05, 0) is 40.0 Å². The molecule has 102 valence electrons. The first-order valence-corrected chi connectivity index (χ1v) is 6.52. The maximum atomic E-state index is 11.8. The summed E-state index contributed by atoms with van der Waals surface area (Å²) in [5, 5.41) is 2.66. The highest BCUT2D eigenvalue weighted by molar-refractivity contribution is 5.79. The Bertz CT molecular complexity index is 394. The Morgan fingerprint density at radius 3 is 2.89 bits per heavy atom. The van der Waals surface area contributed by atoms with E-state index in [4.69, 9.17) is 6.11 Å². The molecule has 18 heavy (non-hydrogen) atoms. The summed E-state index contributed by atoms with van der Waals surface area (Å²) in [6, 6.07) is -1.34. The molecule has 2 fully saturated rings. The molecule has 0 aromatic heterocycles. The SMILES string of the molecule is [2H][C@]1(NC(=O)OC(C)(C)C)CCCN2C(=O)CC[C@H]21. The number of nitrogens with zero attached hydrogens (tertiary/aromatic N) is 1. The highest BCUT2D eigenvalue weighted by Gasteiger charge is 2.39. The van der Waals surface area contributed by atoms with Crippen molar-refractivity contribution in [1.29, 1.82) is 0 Å². The number of carbonyl (C=O) groups excluding carboxylic acids is 2. The first-order chi connectivity index (χ1) is 8.71. The zero-order chi connectivity index (χ0) is 14.3. The highest BCUT2D eigenvalue weighted by atomic mass is 16.6. The Hall–Kier alpha value is -1.26. The summed E-state index contributed by atoms with van der Waals surface area (Å²) in [5.74, 6) is 0.0901. The Morgan fingerprint density at radius 1 is 1.50 bits per heavy atom. The van der Waals surface area contributed by atoms with E-state index in [9.17, 15) is 9.59 Å². The van der Waals surface area contributed by atoms with Gasteiger partial charge in [0.15, 0.2) is 0 Å². The molecule has 2 amide bonds. The van der Waals surface area contributed by atoms with Crippen LogP contribution in [0.15, 0.2) is 0 Å². The first kappa shape index (κ1) is 11.8. The molecule has 2 aliphatic rings. The topological polar surface area (TPSA) is 58.6 Å². The van der Waals surface area contributed by atoms with Crippen molar-refractivity contribution < 1.29 is 15.7 Å². The summed E-state index contributed by atoms with van der Waals surface area (Å²) < 4.78 is 13.7. The van der Waals surface area contributed by atoms with Gasteiger partial charge in [0.2, 0.25) is 5.91 Å². The third-order valence-electron chi connectivity index (χ3n) is 3.24. The van der Waals surface area contributed by atoms with Crippen molar-refractivity contribution in [2.24, 2.45) is 0 Å². The summed E-state index contributed by atoms with van der Waals surface area (Å²) >= 11 is 0. The Labute approximate surface area is 109 Å². The predicted molar refractivity (Wildman–Crippen MR) is 67.1 cm³/mol. The van der Waals surface area contributed by atoms with E-state index in [2.05, 4.69) is 5.32 Å². The molecule has 0 radical (unpaired) electrons. The lowest BCUT2D eigenvalue weighted by atomic mass is 9.96. The quantitative estimate of drug-likeness (QED) is 0.775. The van der Waals surface area contributed by atoms with Crippen LogP contribution in [0, 0.1) is 0 Å². The van der Waals surface area contributed by atoms with E-state index in [1.807, 2.05) is 0 Å². The average Bonchev–Trinajstić information content (AvgIpc) is 2.59. The molecule has 2 atom stereocenters. The number of carbonyl (C=O) groups is 2. The number of alkyl carbamates (subject to hydrolysis) is 1. The van der Waals surface area contributed by atoms with Crippen LogP contribution in [0.4, 0.5) is 4.79 Å². The summed E-state index contributed by atoms with van der Waals surface area (Å²) in [6.45, 7) is 6.06. The van der Waals surface area contributed by atoms with Crippen molar-refractivity contribution in [2.75, 3.05) is 6.54 Å². The first-order valence-electron chi connectivity index (χ1n) is 7.02. The van der Waals surface area contributed by atoms with Crippen molar-refractivity contribution in [3.8, 4) is 0 Å². The van der Waals surface area contributed by atoms with Crippen molar-refractivity contribution >= 4 is 12.0 Å². The molecule has 5 nitrogen and oxygen atoms in total. The second-order valence-corrected chi connectivity index (χ2v) is 5.90. The number of amides is 2. The zero-order valence-corrected chi connectivity index (χ0v) is 11.3. The van der Waals surface area contributed by atoms with Gasteiger partial charge in [0.1, 0.15) is 5.60 Å². The van der Waals surface area contributed by atoms with Crippen LogP contribution in [0.3, 0.4) is 0 Å². The Kier molecular flexibility index (Phi) is 3.14. The van der Waals surface area contributed by atoms with Gasteiger partial charge in [0.05, 0.1) is 13.4 Å². The van der Waals surface area contributed by atoms with E-state index >= 15 is 0 Å². The molecular formula is C13H22N2O3. The lowest BCUT2D eigenvalue weighted by molar-refractivity contribution is -0.130. The van der Waals surface area contributed by atoms with Crippen molar-refractivity contribution in [2.45, 2.75) is 64.1 Å². The van der Waals surface area contributed by atoms with Crippen LogP contribution >= 0.6 is 0 Å². The smallest absolute Gasteiger partial charge is 0.407 e. The number of ether oxygens (including phenoxy) is 1. The van der Waals surface area contributed by atoms with E-state index in [0.29, 0.717) is 25.8 Å². The van der Waals surface area contributed by atoms with Gasteiger partial charge in [-0.2, -0.15) is 0 Å². The molecule has 2 heterocycles. The largest absolute Gasteiger partial charge is 0.444 e. The molecule has 0 saturated carbocycles. The minimum Gasteiger partial charge on any atom is -0.444 e. The fourth-order valence-corrected chi connectivity index (χ4v) is 2.56. The fraction of sp³-hybridized carbons (Fsp3) is 0.846. The van der Waals surface area contributed by atoms with Gasteiger partial charge in [-0.15, -0.1) is 0 Å². The number of fused-ring (bicyclic) bond motifs is 1. The maximum absolute atomic E-state index is 11.8. The number of piperidine rings is 1. The third kappa shape index (κ3) is 2.94. The average molecular weight is 255 g/mol. The van der Waals surface area contributed by atoms with Crippen LogP contribution in [0.5, 0.6) is 0 Å². The Balaban J connectivity index is 2.05. The summed E-state index contributed by atoms with van der Waals surface area (Å²) in [4.78, 5) is 25.3. The van der Waals surface area contributed by atoms with E-state index in [1.54, 1.807) is 25.7 Å². The van der Waals surface area contributed by atoms with Crippen LogP contribution in [0.25, 0.3) is 0 Å². The van der Waals surface area contributed by atoms with Gasteiger partial charge in [-0.25, -0.2) is 4.79 Å². The van der Waals surface area contributed by atoms with Gasteiger partial charge in [-0.3, -0.25) is 4.79 Å². The van der Waals surface area contributed by atoms with E-state index in [-0.39, 0.29) is 11.9 Å². The molecule has 5 heteroatoms. The molecule has 2 aliphatic heterocycles. The van der Waals surface area contributed by atoms with Gasteiger partial charge >= 0.3 is 6.09 Å². The van der Waals surface area contributed by atoms with E-state index < -0.39 is 17.7 Å². The van der Waals surface area contributed by atoms with Crippen LogP contribution in [0.2, 0.25) is 0 Å². The van der Waals surface area contributed by atoms with Crippen molar-refractivity contribution in [1.82, 2.24) is 10.2 Å². The minimum atomic E-state index is -1.12. The second kappa shape index (κ2) is 4.78. The van der Waals surface area contributed by atoms with Crippen LogP contribution in [-0.4, -0.2) is 41.1 Å². The van der Waals surface area contributed by atoms with Crippen LogP contribution < -0.4 is 5.32 Å². The molecule has 0 spiro atoms. The standard InChI is InChI=1S/C13H22N2O3/c1-13(2,3)18-12(17)14-9-5-4-8-15-10(9)6-7-11(15)16/h9-10H,4-8H2,1-3H3,(H,14,17)/t9-,10-/m0/s1/i9D. The van der Waals surface area contributed by atoms with Gasteiger partial charge in [0, 0.05) is 13.0 Å². The second-order valence-electron chi connectivity index (χ2n) is 5.90. The van der Waals surface area contributed by atoms with Crippen molar-refractivity contribution in [3.05, 3.63) is 0 Å². The fourth-order valence-electron chi connectivity index (χ4n) is 2.56. The maximum Gasteiger partial charge on any atom is 0.407 e. The van der Waals surface area contributed by atoms with E-state index in [0.717, 1.165) is 6.42 Å². The Morgan fingerprint density at radius 2 is 2.22 bits per heavy atom. The lowest BCUT2D eigenvalue weighted by Gasteiger charge is -2.37. The normalized spacial score (nSPS) is 32.8. The van der Waals surface area contributed by atoms with Crippen LogP contribution in [-0.2, 0) is 9.53 Å². The number of hydrogen-bond donors (Lipinski definition) is 1. The highest BCUT2D eigenvalue weighted by Crippen LogP contribution is 2.28. The number of hydrogen-bond acceptors (Lipinski definition) is 3. The molecule has 0 aliphatic carbocycles. The molecule has 1 N–H and O–H groups in total. The van der Waals surface area contributed by atoms with E-state index in [1.165, 1.54) is 0 Å². The molecular weight excluding hydrogens is 232 g/mol. The molecule has 0 bridgehead atoms. The molecule has 0 aromatic rings. The minimum absolute atomic E-state index is 0.0901. The molecule has 2 saturated heterocycles. The molecule has 0 unspecified atom stereocenters. The zero-order valence-electron chi connectivity index (χ0n) is 12.3. The van der Waals surface area contributed by atoms with Gasteiger partial charge in [0.25, 0.3) is 0 Å². The number of rotatable bonds is 1. The molecule has 2 rings (SSSR count).